The molecule has 2 aromatic carbocycles. The SMILES string of the molecule is CCc1ccc2c(c1)c(N1CCCNS1(=O)=O)c(C(=O)O)n2Cc1cc([N+](=O)[O-])ccc1F. The molecule has 4 rings (SSSR count). The van der Waals surface area contributed by atoms with Crippen molar-refractivity contribution in [1.82, 2.24) is 9.29 Å². The fourth-order valence-electron chi connectivity index (χ4n) is 4.06. The summed E-state index contributed by atoms with van der Waals surface area (Å²) >= 11 is 0. The van der Waals surface area contributed by atoms with E-state index in [0.29, 0.717) is 23.7 Å². The first-order chi connectivity index (χ1) is 15.6. The number of hydrogen-bond donors (Lipinski definition) is 2. The lowest BCUT2D eigenvalue weighted by molar-refractivity contribution is -0.385. The largest absolute Gasteiger partial charge is 0.477 e. The van der Waals surface area contributed by atoms with Crippen molar-refractivity contribution in [2.75, 3.05) is 17.4 Å². The Balaban J connectivity index is 2.01. The Morgan fingerprint density at radius 3 is 2.67 bits per heavy atom. The summed E-state index contributed by atoms with van der Waals surface area (Å²) in [5.41, 5.74) is 0.473. The van der Waals surface area contributed by atoms with E-state index in [1.807, 2.05) is 6.92 Å². The smallest absolute Gasteiger partial charge is 0.354 e. The molecule has 0 amide bonds. The Hall–Kier alpha value is -3.51. The van der Waals surface area contributed by atoms with Gasteiger partial charge in [0.1, 0.15) is 5.82 Å². The number of carbonyl (C=O) groups is 1. The number of nitro groups is 1. The molecule has 1 aromatic heterocycles. The Morgan fingerprint density at radius 2 is 2.03 bits per heavy atom. The maximum Gasteiger partial charge on any atom is 0.354 e. The second kappa shape index (κ2) is 8.45. The van der Waals surface area contributed by atoms with Gasteiger partial charge in [-0.1, -0.05) is 13.0 Å². The van der Waals surface area contributed by atoms with E-state index < -0.39 is 26.9 Å². The van der Waals surface area contributed by atoms with Gasteiger partial charge in [0.05, 0.1) is 22.7 Å². The highest BCUT2D eigenvalue weighted by atomic mass is 32.2. The molecular weight excluding hydrogens is 455 g/mol. The second-order valence-corrected chi connectivity index (χ2v) is 9.33. The van der Waals surface area contributed by atoms with E-state index in [1.54, 1.807) is 18.2 Å². The van der Waals surface area contributed by atoms with Crippen LogP contribution in [0.4, 0.5) is 15.8 Å². The van der Waals surface area contributed by atoms with E-state index in [2.05, 4.69) is 4.72 Å². The number of rotatable bonds is 6. The summed E-state index contributed by atoms with van der Waals surface area (Å²) in [7, 11) is -3.99. The van der Waals surface area contributed by atoms with Crippen LogP contribution in [0.1, 0.15) is 35.0 Å². The summed E-state index contributed by atoms with van der Waals surface area (Å²) in [6.07, 6.45) is 1.10. The van der Waals surface area contributed by atoms with Crippen molar-refractivity contribution < 1.29 is 27.6 Å². The van der Waals surface area contributed by atoms with E-state index in [9.17, 15) is 32.8 Å². The Labute approximate surface area is 188 Å². The van der Waals surface area contributed by atoms with Crippen LogP contribution in [0.15, 0.2) is 36.4 Å². The van der Waals surface area contributed by atoms with Crippen molar-refractivity contribution in [3.05, 3.63) is 69.2 Å². The number of non-ortho nitro benzene ring substituents is 1. The van der Waals surface area contributed by atoms with Gasteiger partial charge in [-0.15, -0.1) is 0 Å². The third-order valence-corrected chi connectivity index (χ3v) is 7.16. The third-order valence-electron chi connectivity index (χ3n) is 5.64. The zero-order chi connectivity index (χ0) is 23.9. The molecule has 0 unspecified atom stereocenters. The zero-order valence-corrected chi connectivity index (χ0v) is 18.4. The van der Waals surface area contributed by atoms with Crippen molar-refractivity contribution in [3.8, 4) is 0 Å². The van der Waals surface area contributed by atoms with Gasteiger partial charge in [-0.25, -0.2) is 9.18 Å². The molecule has 0 saturated carbocycles. The number of nitrogens with one attached hydrogen (secondary N) is 1. The molecule has 1 saturated heterocycles. The molecule has 1 aliphatic rings. The first-order valence-electron chi connectivity index (χ1n) is 10.2. The van der Waals surface area contributed by atoms with Crippen LogP contribution in [0.3, 0.4) is 0 Å². The van der Waals surface area contributed by atoms with Crippen molar-refractivity contribution >= 4 is 38.5 Å². The van der Waals surface area contributed by atoms with Gasteiger partial charge >= 0.3 is 16.2 Å². The monoisotopic (exact) mass is 476 g/mol. The highest BCUT2D eigenvalue weighted by Gasteiger charge is 2.34. The topological polar surface area (TPSA) is 135 Å². The van der Waals surface area contributed by atoms with Crippen LogP contribution >= 0.6 is 0 Å². The van der Waals surface area contributed by atoms with E-state index in [0.717, 1.165) is 28.1 Å². The zero-order valence-electron chi connectivity index (χ0n) is 17.6. The van der Waals surface area contributed by atoms with Gasteiger partial charge in [-0.2, -0.15) is 13.1 Å². The van der Waals surface area contributed by atoms with Gasteiger partial charge in [0.25, 0.3) is 5.69 Å². The maximum atomic E-state index is 14.6. The standard InChI is InChI=1S/C21H21FN4O6S/c1-2-13-4-7-18-16(10-13)19(25-9-3-8-23-33(25,31)32)20(21(27)28)24(18)12-14-11-15(26(29)30)5-6-17(14)22/h4-7,10-11,23H,2-3,8-9,12H2,1H3,(H,27,28). The van der Waals surface area contributed by atoms with E-state index in [-0.39, 0.29) is 42.3 Å². The molecule has 0 atom stereocenters. The number of carboxylic acids is 1. The number of aryl methyl sites for hydroxylation is 1. The van der Waals surface area contributed by atoms with Gasteiger partial charge in [0.15, 0.2) is 5.69 Å². The summed E-state index contributed by atoms with van der Waals surface area (Å²) in [5.74, 6) is -2.14. The number of anilines is 1. The number of aromatic nitrogens is 1. The number of nitrogens with zero attached hydrogens (tertiary/aromatic N) is 3. The molecule has 0 bridgehead atoms. The first kappa shape index (κ1) is 22.7. The predicted octanol–water partition coefficient (Wildman–Crippen LogP) is 3.04. The molecule has 2 N–H and O–H groups in total. The minimum atomic E-state index is -3.99. The molecule has 3 aromatic rings. The van der Waals surface area contributed by atoms with Crippen LogP contribution in [-0.4, -0.2) is 42.1 Å². The first-order valence-corrected chi connectivity index (χ1v) is 11.7. The summed E-state index contributed by atoms with van der Waals surface area (Å²) in [4.78, 5) is 22.9. The van der Waals surface area contributed by atoms with Gasteiger partial charge in [0, 0.05) is 36.2 Å². The van der Waals surface area contributed by atoms with Crippen LogP contribution in [0, 0.1) is 15.9 Å². The van der Waals surface area contributed by atoms with Crippen LogP contribution < -0.4 is 9.03 Å². The lowest BCUT2D eigenvalue weighted by atomic mass is 10.1. The number of aromatic carboxylic acids is 1. The minimum Gasteiger partial charge on any atom is -0.477 e. The number of fused-ring (bicyclic) bond motifs is 1. The molecule has 174 valence electrons. The Bertz CT molecular complexity index is 1390. The molecule has 1 fully saturated rings. The molecule has 10 nitrogen and oxygen atoms in total. The fraction of sp³-hybridized carbons (Fsp3) is 0.286. The summed E-state index contributed by atoms with van der Waals surface area (Å²) in [6, 6.07) is 8.18. The average molecular weight is 476 g/mol. The quantitative estimate of drug-likeness (QED) is 0.415. The Kier molecular flexibility index (Phi) is 5.80. The van der Waals surface area contributed by atoms with Crippen molar-refractivity contribution in [2.45, 2.75) is 26.3 Å². The Morgan fingerprint density at radius 1 is 1.27 bits per heavy atom. The van der Waals surface area contributed by atoms with Crippen molar-refractivity contribution in [1.29, 1.82) is 0 Å². The lowest BCUT2D eigenvalue weighted by Crippen LogP contribution is -2.47. The van der Waals surface area contributed by atoms with E-state index in [1.165, 1.54) is 4.57 Å². The molecule has 1 aliphatic heterocycles. The number of hydrogen-bond acceptors (Lipinski definition) is 5. The number of benzene rings is 2. The van der Waals surface area contributed by atoms with Crippen LogP contribution in [0.2, 0.25) is 0 Å². The average Bonchev–Trinajstić information content (AvgIpc) is 3.08. The van der Waals surface area contributed by atoms with Crippen LogP contribution in [0.5, 0.6) is 0 Å². The normalized spacial score (nSPS) is 15.6. The van der Waals surface area contributed by atoms with Crippen molar-refractivity contribution in [2.24, 2.45) is 0 Å². The van der Waals surface area contributed by atoms with Gasteiger partial charge in [-0.3, -0.25) is 14.4 Å². The van der Waals surface area contributed by atoms with Gasteiger partial charge in [-0.05, 0) is 36.6 Å². The van der Waals surface area contributed by atoms with Crippen LogP contribution in [0.25, 0.3) is 10.9 Å². The minimum absolute atomic E-state index is 0.00848. The summed E-state index contributed by atoms with van der Waals surface area (Å²) in [5, 5.41) is 21.7. The molecule has 12 heteroatoms. The molecule has 0 aliphatic carbocycles. The maximum absolute atomic E-state index is 14.6. The van der Waals surface area contributed by atoms with Gasteiger partial charge in [0.2, 0.25) is 0 Å². The number of halogens is 1. The molecule has 33 heavy (non-hydrogen) atoms. The second-order valence-electron chi connectivity index (χ2n) is 7.65. The fourth-order valence-corrected chi connectivity index (χ4v) is 5.41. The highest BCUT2D eigenvalue weighted by Crippen LogP contribution is 2.38. The molecule has 2 heterocycles. The molecule has 0 radical (unpaired) electrons. The van der Waals surface area contributed by atoms with Crippen molar-refractivity contribution in [3.63, 3.8) is 0 Å². The summed E-state index contributed by atoms with van der Waals surface area (Å²) in [6.45, 7) is 1.89. The van der Waals surface area contributed by atoms with Gasteiger partial charge < -0.3 is 9.67 Å². The molecule has 0 spiro atoms. The lowest BCUT2D eigenvalue weighted by Gasteiger charge is -2.29. The predicted molar refractivity (Wildman–Crippen MR) is 119 cm³/mol. The number of carboxylic acid groups (broad SMARTS) is 1. The summed E-state index contributed by atoms with van der Waals surface area (Å²) < 4.78 is 44.8. The number of nitro benzene ring substituents is 1. The third kappa shape index (κ3) is 4.02. The van der Waals surface area contributed by atoms with E-state index in [4.69, 9.17) is 0 Å². The van der Waals surface area contributed by atoms with E-state index >= 15 is 0 Å². The highest BCUT2D eigenvalue weighted by molar-refractivity contribution is 7.91. The molecular formula is C21H21FN4O6S. The van der Waals surface area contributed by atoms with Crippen LogP contribution in [-0.2, 0) is 23.2 Å².